The van der Waals surface area contributed by atoms with E-state index in [1.807, 2.05) is 17.9 Å². The van der Waals surface area contributed by atoms with E-state index in [2.05, 4.69) is 15.5 Å². The van der Waals surface area contributed by atoms with Crippen molar-refractivity contribution in [3.63, 3.8) is 0 Å². The largest absolute Gasteiger partial charge is 0.341 e. The molecular formula is C18H26ClFN6O. The number of rotatable bonds is 5. The van der Waals surface area contributed by atoms with Crippen molar-refractivity contribution >= 4 is 18.3 Å². The summed E-state index contributed by atoms with van der Waals surface area (Å²) in [5, 5.41) is 11.6. The molecule has 1 amide bonds. The molecule has 1 aromatic carbocycles. The lowest BCUT2D eigenvalue weighted by Gasteiger charge is -2.35. The zero-order valence-corrected chi connectivity index (χ0v) is 16.4. The van der Waals surface area contributed by atoms with Gasteiger partial charge in [0.05, 0.1) is 0 Å². The Hall–Kier alpha value is -2.06. The topological polar surface area (TPSA) is 89.9 Å². The Morgan fingerprint density at radius 2 is 2.07 bits per heavy atom. The van der Waals surface area contributed by atoms with Crippen LogP contribution in [-0.4, -0.2) is 50.1 Å². The summed E-state index contributed by atoms with van der Waals surface area (Å²) in [5.74, 6) is 0.647. The van der Waals surface area contributed by atoms with Crippen molar-refractivity contribution in [2.24, 2.45) is 11.7 Å². The monoisotopic (exact) mass is 396 g/mol. The third-order valence-electron chi connectivity index (χ3n) is 5.15. The summed E-state index contributed by atoms with van der Waals surface area (Å²) in [6.07, 6.45) is 2.13. The lowest BCUT2D eigenvalue weighted by molar-refractivity contribution is -0.136. The second-order valence-electron chi connectivity index (χ2n) is 7.04. The molecule has 2 aromatic rings. The number of carbonyl (C=O) groups excluding carboxylic acids is 1. The fourth-order valence-electron chi connectivity index (χ4n) is 3.55. The molecule has 27 heavy (non-hydrogen) atoms. The number of hydrogen-bond donors (Lipinski definition) is 1. The average molecular weight is 397 g/mol. The third-order valence-corrected chi connectivity index (χ3v) is 5.15. The highest BCUT2D eigenvalue weighted by atomic mass is 35.5. The van der Waals surface area contributed by atoms with E-state index in [-0.39, 0.29) is 30.2 Å². The zero-order valence-electron chi connectivity index (χ0n) is 15.6. The van der Waals surface area contributed by atoms with Crippen molar-refractivity contribution in [2.75, 3.05) is 13.1 Å². The van der Waals surface area contributed by atoms with E-state index in [9.17, 15) is 9.18 Å². The third kappa shape index (κ3) is 5.01. The van der Waals surface area contributed by atoms with Gasteiger partial charge in [-0.1, -0.05) is 12.1 Å². The molecule has 3 rings (SSSR count). The van der Waals surface area contributed by atoms with Gasteiger partial charge in [-0.3, -0.25) is 4.79 Å². The minimum atomic E-state index is -0.585. The molecule has 0 radical (unpaired) electrons. The number of likely N-dealkylation sites (tertiary alicyclic amines) is 1. The van der Waals surface area contributed by atoms with E-state index in [1.165, 1.54) is 16.8 Å². The van der Waals surface area contributed by atoms with Crippen LogP contribution in [0.15, 0.2) is 24.3 Å². The number of halogens is 2. The van der Waals surface area contributed by atoms with Crippen LogP contribution in [-0.2, 0) is 11.2 Å². The molecule has 2 N–H and O–H groups in total. The number of piperidine rings is 1. The fraction of sp³-hybridized carbons (Fsp3) is 0.556. The van der Waals surface area contributed by atoms with Crippen LogP contribution in [0, 0.1) is 18.7 Å². The highest BCUT2D eigenvalue weighted by molar-refractivity contribution is 5.85. The van der Waals surface area contributed by atoms with Gasteiger partial charge in [0.1, 0.15) is 17.7 Å². The van der Waals surface area contributed by atoms with Gasteiger partial charge in [-0.05, 0) is 60.7 Å². The summed E-state index contributed by atoms with van der Waals surface area (Å²) in [6, 6.07) is 5.85. The molecule has 1 fully saturated rings. The maximum absolute atomic E-state index is 13.6. The SMILES string of the molecule is Cc1nnnn1C(Cc1cccc(F)c1)C(=O)N1CCC(C(C)N)CC1.Cl. The van der Waals surface area contributed by atoms with Gasteiger partial charge in [-0.2, -0.15) is 0 Å². The van der Waals surface area contributed by atoms with Gasteiger partial charge in [0.2, 0.25) is 5.91 Å². The summed E-state index contributed by atoms with van der Waals surface area (Å²) < 4.78 is 15.1. The van der Waals surface area contributed by atoms with Gasteiger partial charge >= 0.3 is 0 Å². The second kappa shape index (κ2) is 9.23. The lowest BCUT2D eigenvalue weighted by atomic mass is 9.90. The molecule has 9 heteroatoms. The Kier molecular flexibility index (Phi) is 7.26. The molecule has 1 saturated heterocycles. The van der Waals surface area contributed by atoms with Crippen LogP contribution in [0.4, 0.5) is 4.39 Å². The van der Waals surface area contributed by atoms with Gasteiger partial charge in [-0.25, -0.2) is 9.07 Å². The van der Waals surface area contributed by atoms with Crippen LogP contribution in [0.5, 0.6) is 0 Å². The molecule has 1 aliphatic heterocycles. The molecule has 1 aromatic heterocycles. The van der Waals surface area contributed by atoms with Crippen LogP contribution in [0.2, 0.25) is 0 Å². The molecule has 0 aliphatic carbocycles. The van der Waals surface area contributed by atoms with E-state index < -0.39 is 6.04 Å². The second-order valence-corrected chi connectivity index (χ2v) is 7.04. The number of aromatic nitrogens is 4. The van der Waals surface area contributed by atoms with Crippen LogP contribution < -0.4 is 5.73 Å². The lowest BCUT2D eigenvalue weighted by Crippen LogP contribution is -2.46. The Bertz CT molecular complexity index is 760. The smallest absolute Gasteiger partial charge is 0.247 e. The van der Waals surface area contributed by atoms with E-state index in [0.29, 0.717) is 31.3 Å². The molecule has 2 atom stereocenters. The van der Waals surface area contributed by atoms with Crippen molar-refractivity contribution in [1.82, 2.24) is 25.1 Å². The maximum atomic E-state index is 13.6. The number of aryl methyl sites for hydroxylation is 1. The van der Waals surface area contributed by atoms with Crippen molar-refractivity contribution in [3.8, 4) is 0 Å². The highest BCUT2D eigenvalue weighted by Gasteiger charge is 2.32. The molecule has 7 nitrogen and oxygen atoms in total. The number of nitrogens with two attached hydrogens (primary N) is 1. The van der Waals surface area contributed by atoms with E-state index in [4.69, 9.17) is 5.73 Å². The van der Waals surface area contributed by atoms with Crippen LogP contribution in [0.25, 0.3) is 0 Å². The molecule has 2 unspecified atom stereocenters. The Morgan fingerprint density at radius 1 is 1.37 bits per heavy atom. The molecule has 148 valence electrons. The van der Waals surface area contributed by atoms with Gasteiger partial charge < -0.3 is 10.6 Å². The number of hydrogen-bond acceptors (Lipinski definition) is 5. The standard InChI is InChI=1S/C18H25FN6O.ClH/c1-12(20)15-6-8-24(9-7-15)18(26)17(25-13(2)21-22-23-25)11-14-4-3-5-16(19)10-14;/h3-5,10,12,15,17H,6-9,11,20H2,1-2H3;1H. The molecule has 0 saturated carbocycles. The zero-order chi connectivity index (χ0) is 18.7. The number of carbonyl (C=O) groups is 1. The predicted octanol–water partition coefficient (Wildman–Crippen LogP) is 1.91. The molecule has 0 spiro atoms. The van der Waals surface area contributed by atoms with Gasteiger partial charge in [0.15, 0.2) is 0 Å². The summed E-state index contributed by atoms with van der Waals surface area (Å²) in [6.45, 7) is 5.12. The molecule has 0 bridgehead atoms. The number of benzene rings is 1. The molecular weight excluding hydrogens is 371 g/mol. The van der Waals surface area contributed by atoms with Crippen molar-refractivity contribution in [2.45, 2.75) is 45.2 Å². The first-order chi connectivity index (χ1) is 12.5. The molecule has 2 heterocycles. The van der Waals surface area contributed by atoms with Gasteiger partial charge in [-0.15, -0.1) is 17.5 Å². The van der Waals surface area contributed by atoms with Crippen molar-refractivity contribution < 1.29 is 9.18 Å². The van der Waals surface area contributed by atoms with Crippen molar-refractivity contribution in [1.29, 1.82) is 0 Å². The number of tetrazole rings is 1. The summed E-state index contributed by atoms with van der Waals surface area (Å²) >= 11 is 0. The first kappa shape index (κ1) is 21.2. The predicted molar refractivity (Wildman–Crippen MR) is 102 cm³/mol. The quantitative estimate of drug-likeness (QED) is 0.833. The fourth-order valence-corrected chi connectivity index (χ4v) is 3.55. The first-order valence-corrected chi connectivity index (χ1v) is 8.99. The summed E-state index contributed by atoms with van der Waals surface area (Å²) in [5.41, 5.74) is 6.73. The molecule has 1 aliphatic rings. The first-order valence-electron chi connectivity index (χ1n) is 8.99. The van der Waals surface area contributed by atoms with Gasteiger partial charge in [0, 0.05) is 25.6 Å². The number of amides is 1. The van der Waals surface area contributed by atoms with E-state index in [0.717, 1.165) is 18.4 Å². The Morgan fingerprint density at radius 3 is 2.63 bits per heavy atom. The van der Waals surface area contributed by atoms with Crippen LogP contribution in [0.3, 0.4) is 0 Å². The Balaban J connectivity index is 0.00000261. The van der Waals surface area contributed by atoms with Crippen LogP contribution >= 0.6 is 12.4 Å². The van der Waals surface area contributed by atoms with Crippen molar-refractivity contribution in [3.05, 3.63) is 41.5 Å². The summed E-state index contributed by atoms with van der Waals surface area (Å²) in [7, 11) is 0. The van der Waals surface area contributed by atoms with Gasteiger partial charge in [0.25, 0.3) is 0 Å². The summed E-state index contributed by atoms with van der Waals surface area (Å²) in [4.78, 5) is 15.1. The highest BCUT2D eigenvalue weighted by Crippen LogP contribution is 2.24. The minimum Gasteiger partial charge on any atom is -0.341 e. The normalized spacial score (nSPS) is 17.3. The average Bonchev–Trinajstić information content (AvgIpc) is 3.05. The maximum Gasteiger partial charge on any atom is 0.247 e. The van der Waals surface area contributed by atoms with Crippen LogP contribution in [0.1, 0.15) is 37.2 Å². The Labute approximate surface area is 164 Å². The number of nitrogens with zero attached hydrogens (tertiary/aromatic N) is 5. The van der Waals surface area contributed by atoms with E-state index >= 15 is 0 Å². The minimum absolute atomic E-state index is 0. The van der Waals surface area contributed by atoms with E-state index in [1.54, 1.807) is 13.0 Å².